The molecule has 0 unspecified atom stereocenters. The summed E-state index contributed by atoms with van der Waals surface area (Å²) >= 11 is 5.40. The maximum absolute atomic E-state index is 10.9. The first kappa shape index (κ1) is 12.0. The monoisotopic (exact) mass is 208 g/mol. The van der Waals surface area contributed by atoms with Crippen LogP contribution in [0.25, 0.3) is 0 Å². The van der Waals surface area contributed by atoms with Gasteiger partial charge in [-0.1, -0.05) is 13.3 Å². The number of thiol groups is 1. The molecule has 2 N–H and O–H groups in total. The predicted octanol–water partition coefficient (Wildman–Crippen LogP) is 1.66. The molecule has 0 saturated carbocycles. The zero-order chi connectivity index (χ0) is 9.23. The Labute approximate surface area is 83.6 Å². The minimum absolute atomic E-state index is 0.102. The summed E-state index contributed by atoms with van der Waals surface area (Å²) in [5.41, 5.74) is 0. The summed E-state index contributed by atoms with van der Waals surface area (Å²) in [4.78, 5) is 10.9. The topological polar surface area (TPSA) is 41.1 Å². The summed E-state index contributed by atoms with van der Waals surface area (Å²) in [5.74, 6) is 1.62. The van der Waals surface area contributed by atoms with Crippen LogP contribution in [-0.4, -0.2) is 24.1 Å². The lowest BCUT2D eigenvalue weighted by Crippen LogP contribution is -2.32. The maximum Gasteiger partial charge on any atom is 0.324 e. The third-order valence-corrected chi connectivity index (χ3v) is 2.44. The molecular formula is C7H16N2OS2. The van der Waals surface area contributed by atoms with Gasteiger partial charge in [-0.25, -0.2) is 4.79 Å². The fourth-order valence-electron chi connectivity index (χ4n) is 0.577. The summed E-state index contributed by atoms with van der Waals surface area (Å²) in [6.07, 6.45) is 2.13. The Balaban J connectivity index is 3.10. The molecule has 12 heavy (non-hydrogen) atoms. The van der Waals surface area contributed by atoms with Crippen molar-refractivity contribution in [2.45, 2.75) is 19.8 Å². The second-order valence-corrected chi connectivity index (χ2v) is 3.63. The van der Waals surface area contributed by atoms with Gasteiger partial charge in [0, 0.05) is 18.1 Å². The van der Waals surface area contributed by atoms with Gasteiger partial charge in [0.05, 0.1) is 0 Å². The summed E-state index contributed by atoms with van der Waals surface area (Å²) in [6.45, 7) is 2.85. The lowest BCUT2D eigenvalue weighted by molar-refractivity contribution is 0.246. The first-order valence-electron chi connectivity index (χ1n) is 4.07. The van der Waals surface area contributed by atoms with E-state index < -0.39 is 0 Å². The highest BCUT2D eigenvalue weighted by molar-refractivity contribution is 7.98. The number of rotatable bonds is 6. The molecule has 5 heteroatoms. The predicted molar refractivity (Wildman–Crippen MR) is 57.8 cm³/mol. The zero-order valence-electron chi connectivity index (χ0n) is 7.30. The number of urea groups is 1. The number of nitrogens with one attached hydrogen (secondary N) is 2. The zero-order valence-corrected chi connectivity index (χ0v) is 9.01. The largest absolute Gasteiger partial charge is 0.337 e. The van der Waals surface area contributed by atoms with Gasteiger partial charge in [-0.2, -0.15) is 12.6 Å². The molecule has 0 aliphatic rings. The van der Waals surface area contributed by atoms with Gasteiger partial charge >= 0.3 is 6.03 Å². The first-order valence-corrected chi connectivity index (χ1v) is 5.69. The van der Waals surface area contributed by atoms with Crippen LogP contribution in [0.15, 0.2) is 0 Å². The summed E-state index contributed by atoms with van der Waals surface area (Å²) in [7, 11) is 0. The third kappa shape index (κ3) is 8.07. The maximum atomic E-state index is 10.9. The standard InChI is InChI=1S/C7H16N2OS2/c1-2-3-4-8-7(10)9-12-6-5-11/h11H,2-6H2,1H3,(H2,8,9,10). The highest BCUT2D eigenvalue weighted by atomic mass is 32.2. The van der Waals surface area contributed by atoms with Crippen molar-refractivity contribution in [3.63, 3.8) is 0 Å². The molecule has 0 aliphatic heterocycles. The number of carbonyl (C=O) groups is 1. The van der Waals surface area contributed by atoms with Crippen LogP contribution < -0.4 is 10.0 Å². The molecule has 0 atom stereocenters. The summed E-state index contributed by atoms with van der Waals surface area (Å²) in [6, 6.07) is -0.102. The van der Waals surface area contributed by atoms with Gasteiger partial charge in [-0.3, -0.25) is 4.72 Å². The van der Waals surface area contributed by atoms with Gasteiger partial charge in [0.1, 0.15) is 0 Å². The fraction of sp³-hybridized carbons (Fsp3) is 0.857. The Morgan fingerprint density at radius 3 is 2.92 bits per heavy atom. The van der Waals surface area contributed by atoms with Crippen LogP contribution in [0, 0.1) is 0 Å². The van der Waals surface area contributed by atoms with E-state index in [2.05, 4.69) is 29.6 Å². The fourth-order valence-corrected chi connectivity index (χ4v) is 1.25. The van der Waals surface area contributed by atoms with Gasteiger partial charge in [0.2, 0.25) is 0 Å². The van der Waals surface area contributed by atoms with Gasteiger partial charge < -0.3 is 5.32 Å². The molecule has 0 spiro atoms. The summed E-state index contributed by atoms with van der Waals surface area (Å²) < 4.78 is 2.66. The molecule has 0 rings (SSSR count). The van der Waals surface area contributed by atoms with Crippen molar-refractivity contribution in [1.29, 1.82) is 0 Å². The van der Waals surface area contributed by atoms with Crippen LogP contribution in [0.3, 0.4) is 0 Å². The van der Waals surface area contributed by atoms with Gasteiger partial charge in [-0.05, 0) is 18.4 Å². The molecular weight excluding hydrogens is 192 g/mol. The Kier molecular flexibility index (Phi) is 9.04. The van der Waals surface area contributed by atoms with E-state index in [0.29, 0.717) is 0 Å². The van der Waals surface area contributed by atoms with Crippen LogP contribution in [0.2, 0.25) is 0 Å². The van der Waals surface area contributed by atoms with Gasteiger partial charge in [0.15, 0.2) is 0 Å². The van der Waals surface area contributed by atoms with Gasteiger partial charge in [0.25, 0.3) is 0 Å². The third-order valence-electron chi connectivity index (χ3n) is 1.17. The molecule has 2 amide bonds. The number of amides is 2. The number of unbranched alkanes of at least 4 members (excludes halogenated alkanes) is 1. The Bertz CT molecular complexity index is 110. The average molecular weight is 208 g/mol. The molecule has 0 saturated heterocycles. The molecule has 0 aromatic heterocycles. The number of hydrogen-bond donors (Lipinski definition) is 3. The highest BCUT2D eigenvalue weighted by Gasteiger charge is 1.96. The SMILES string of the molecule is CCCCNC(=O)NSCCS. The van der Waals surface area contributed by atoms with Gasteiger partial charge in [-0.15, -0.1) is 0 Å². The van der Waals surface area contributed by atoms with Crippen LogP contribution in [0.4, 0.5) is 4.79 Å². The molecule has 0 fully saturated rings. The second kappa shape index (κ2) is 9.06. The Morgan fingerprint density at radius 2 is 2.33 bits per heavy atom. The minimum Gasteiger partial charge on any atom is -0.337 e. The van der Waals surface area contributed by atoms with Crippen LogP contribution in [0.5, 0.6) is 0 Å². The number of carbonyl (C=O) groups excluding carboxylic acids is 1. The first-order chi connectivity index (χ1) is 5.81. The van der Waals surface area contributed by atoms with E-state index in [9.17, 15) is 4.79 Å². The van der Waals surface area contributed by atoms with Crippen molar-refractivity contribution in [3.8, 4) is 0 Å². The lowest BCUT2D eigenvalue weighted by atomic mass is 10.3. The molecule has 0 aromatic carbocycles. The molecule has 0 aliphatic carbocycles. The quantitative estimate of drug-likeness (QED) is 0.353. The summed E-state index contributed by atoms with van der Waals surface area (Å²) in [5, 5.41) is 2.75. The van der Waals surface area contributed by atoms with Crippen molar-refractivity contribution < 1.29 is 4.79 Å². The normalized spacial score (nSPS) is 9.50. The molecule has 3 nitrogen and oxygen atoms in total. The highest BCUT2D eigenvalue weighted by Crippen LogP contribution is 1.93. The van der Waals surface area contributed by atoms with E-state index in [0.717, 1.165) is 30.9 Å². The molecule has 0 heterocycles. The van der Waals surface area contributed by atoms with Crippen molar-refractivity contribution in [1.82, 2.24) is 10.0 Å². The van der Waals surface area contributed by atoms with E-state index in [1.165, 1.54) is 11.9 Å². The molecule has 0 radical (unpaired) electrons. The van der Waals surface area contributed by atoms with Crippen LogP contribution in [-0.2, 0) is 0 Å². The average Bonchev–Trinajstić information content (AvgIpc) is 2.06. The Morgan fingerprint density at radius 1 is 1.58 bits per heavy atom. The van der Waals surface area contributed by atoms with Crippen LogP contribution >= 0.6 is 24.6 Å². The molecule has 0 aromatic rings. The second-order valence-electron chi connectivity index (χ2n) is 2.28. The van der Waals surface area contributed by atoms with E-state index in [4.69, 9.17) is 0 Å². The van der Waals surface area contributed by atoms with E-state index in [1.54, 1.807) is 0 Å². The molecule has 0 bridgehead atoms. The molecule has 72 valence electrons. The van der Waals surface area contributed by atoms with Crippen molar-refractivity contribution in [2.24, 2.45) is 0 Å². The lowest BCUT2D eigenvalue weighted by Gasteiger charge is -2.04. The van der Waals surface area contributed by atoms with E-state index in [-0.39, 0.29) is 6.03 Å². The van der Waals surface area contributed by atoms with Crippen molar-refractivity contribution in [3.05, 3.63) is 0 Å². The smallest absolute Gasteiger partial charge is 0.324 e. The Hall–Kier alpha value is -0.0300. The van der Waals surface area contributed by atoms with Crippen molar-refractivity contribution >= 4 is 30.6 Å². The van der Waals surface area contributed by atoms with Crippen LogP contribution in [0.1, 0.15) is 19.8 Å². The van der Waals surface area contributed by atoms with E-state index in [1.807, 2.05) is 0 Å². The van der Waals surface area contributed by atoms with Crippen molar-refractivity contribution in [2.75, 3.05) is 18.1 Å². The minimum atomic E-state index is -0.102. The number of hydrogen-bond acceptors (Lipinski definition) is 3. The van der Waals surface area contributed by atoms with E-state index >= 15 is 0 Å².